The number of hydrogen-bond acceptors (Lipinski definition) is 5. The number of sulfonamides is 1. The number of carboxylic acid groups (broad SMARTS) is 1. The third-order valence-electron chi connectivity index (χ3n) is 2.81. The van der Waals surface area contributed by atoms with Crippen molar-refractivity contribution in [2.75, 3.05) is 0 Å². The lowest BCUT2D eigenvalue weighted by atomic mass is 10.0. The van der Waals surface area contributed by atoms with Crippen LogP contribution in [0.1, 0.15) is 37.1 Å². The van der Waals surface area contributed by atoms with Crippen LogP contribution in [0.4, 0.5) is 0 Å². The maximum absolute atomic E-state index is 12.1. The minimum absolute atomic E-state index is 0.0220. The van der Waals surface area contributed by atoms with Gasteiger partial charge in [0.15, 0.2) is 0 Å². The maximum Gasteiger partial charge on any atom is 0.371 e. The van der Waals surface area contributed by atoms with Gasteiger partial charge in [0, 0.05) is 6.07 Å². The van der Waals surface area contributed by atoms with Gasteiger partial charge in [0.05, 0.1) is 11.6 Å². The number of rotatable bonds is 5. The van der Waals surface area contributed by atoms with Gasteiger partial charge < -0.3 is 14.6 Å². The Hall–Kier alpha value is -1.38. The van der Waals surface area contributed by atoms with E-state index in [1.165, 1.54) is 27.7 Å². The van der Waals surface area contributed by atoms with E-state index in [-0.39, 0.29) is 10.7 Å². The van der Waals surface area contributed by atoms with E-state index in [2.05, 4.69) is 4.72 Å². The molecule has 1 atom stereocenters. The second-order valence-electron chi connectivity index (χ2n) is 4.84. The second-order valence-corrected chi connectivity index (χ2v) is 6.49. The fraction of sp³-hybridized carbons (Fsp3) is 0.545. The Balaban J connectivity index is 3.18. The van der Waals surface area contributed by atoms with Gasteiger partial charge in [0.2, 0.25) is 15.8 Å². The highest BCUT2D eigenvalue weighted by molar-refractivity contribution is 7.89. The molecular weight excluding hydrogens is 274 g/mol. The highest BCUT2D eigenvalue weighted by atomic mass is 32.2. The van der Waals surface area contributed by atoms with Crippen molar-refractivity contribution in [2.45, 2.75) is 44.2 Å². The Morgan fingerprint density at radius 1 is 1.47 bits per heavy atom. The number of hydrogen-bond donors (Lipinski definition) is 3. The van der Waals surface area contributed by atoms with Crippen molar-refractivity contribution >= 4 is 16.0 Å². The van der Waals surface area contributed by atoms with Crippen LogP contribution in [0.25, 0.3) is 0 Å². The molecule has 0 bridgehead atoms. The Morgan fingerprint density at radius 2 is 2.00 bits per heavy atom. The van der Waals surface area contributed by atoms with Crippen molar-refractivity contribution in [1.82, 2.24) is 4.72 Å². The molecule has 0 aromatic carbocycles. The SMILES string of the molecule is Cc1oc(C(=O)O)cc1S(=O)(=O)NC(C)(C)C(C)O. The molecule has 3 N–H and O–H groups in total. The molecule has 19 heavy (non-hydrogen) atoms. The standard InChI is InChI=1S/C11H17NO6S/c1-6-9(5-8(18-6)10(14)15)19(16,17)12-11(3,4)7(2)13/h5,7,12-13H,1-4H3,(H,14,15). The summed E-state index contributed by atoms with van der Waals surface area (Å²) in [6.07, 6.45) is -0.923. The number of nitrogens with one attached hydrogen (secondary N) is 1. The number of aliphatic hydroxyl groups is 1. The van der Waals surface area contributed by atoms with Crippen LogP contribution in [0.3, 0.4) is 0 Å². The zero-order valence-electron chi connectivity index (χ0n) is 11.1. The van der Waals surface area contributed by atoms with Gasteiger partial charge in [0.1, 0.15) is 10.7 Å². The van der Waals surface area contributed by atoms with Crippen LogP contribution < -0.4 is 4.72 Å². The normalized spacial score (nSPS) is 14.4. The molecule has 8 heteroatoms. The van der Waals surface area contributed by atoms with Crippen molar-refractivity contribution in [3.8, 4) is 0 Å². The highest BCUT2D eigenvalue weighted by Crippen LogP contribution is 2.22. The minimum atomic E-state index is -3.97. The number of furan rings is 1. The molecule has 0 aliphatic rings. The largest absolute Gasteiger partial charge is 0.475 e. The summed E-state index contributed by atoms with van der Waals surface area (Å²) >= 11 is 0. The first-order valence-corrected chi connectivity index (χ1v) is 7.01. The van der Waals surface area contributed by atoms with Gasteiger partial charge in [-0.25, -0.2) is 17.9 Å². The summed E-state index contributed by atoms with van der Waals surface area (Å²) in [4.78, 5) is 10.5. The van der Waals surface area contributed by atoms with E-state index < -0.39 is 33.4 Å². The molecule has 0 fully saturated rings. The van der Waals surface area contributed by atoms with E-state index in [1.807, 2.05) is 0 Å². The molecule has 0 saturated carbocycles. The van der Waals surface area contributed by atoms with Crippen LogP contribution in [0, 0.1) is 6.92 Å². The zero-order chi connectivity index (χ0) is 15.0. The average Bonchev–Trinajstić information content (AvgIpc) is 2.59. The van der Waals surface area contributed by atoms with Gasteiger partial charge in [0.25, 0.3) is 0 Å². The summed E-state index contributed by atoms with van der Waals surface area (Å²) in [7, 11) is -3.97. The molecule has 0 spiro atoms. The van der Waals surface area contributed by atoms with Crippen LogP contribution in [-0.4, -0.2) is 36.2 Å². The number of carbonyl (C=O) groups is 1. The van der Waals surface area contributed by atoms with Crippen LogP contribution >= 0.6 is 0 Å². The summed E-state index contributed by atoms with van der Waals surface area (Å²) in [6.45, 7) is 5.84. The van der Waals surface area contributed by atoms with E-state index >= 15 is 0 Å². The molecule has 1 heterocycles. The van der Waals surface area contributed by atoms with Crippen LogP contribution in [-0.2, 0) is 10.0 Å². The number of aromatic carboxylic acids is 1. The molecule has 0 aliphatic carbocycles. The molecule has 0 aliphatic heterocycles. The third kappa shape index (κ3) is 3.34. The zero-order valence-corrected chi connectivity index (χ0v) is 11.9. The first-order valence-electron chi connectivity index (χ1n) is 5.53. The summed E-state index contributed by atoms with van der Waals surface area (Å²) in [6, 6.07) is 0.943. The summed E-state index contributed by atoms with van der Waals surface area (Å²) < 4.78 is 31.4. The monoisotopic (exact) mass is 291 g/mol. The Kier molecular flexibility index (Phi) is 4.08. The summed E-state index contributed by atoms with van der Waals surface area (Å²) in [5.41, 5.74) is -1.09. The first-order chi connectivity index (χ1) is 8.47. The first kappa shape index (κ1) is 15.7. The van der Waals surface area contributed by atoms with E-state index in [9.17, 15) is 18.3 Å². The Labute approximate surface area is 111 Å². The topological polar surface area (TPSA) is 117 Å². The maximum atomic E-state index is 12.1. The molecule has 7 nitrogen and oxygen atoms in total. The third-order valence-corrected chi connectivity index (χ3v) is 4.59. The quantitative estimate of drug-likeness (QED) is 0.736. The molecular formula is C11H17NO6S. The lowest BCUT2D eigenvalue weighted by Gasteiger charge is -2.28. The van der Waals surface area contributed by atoms with Gasteiger partial charge in [-0.15, -0.1) is 0 Å². The lowest BCUT2D eigenvalue weighted by Crippen LogP contribution is -2.50. The predicted octanol–water partition coefficient (Wildman–Crippen LogP) is 0.724. The molecule has 1 aromatic rings. The number of aliphatic hydroxyl groups excluding tert-OH is 1. The second kappa shape index (κ2) is 4.95. The van der Waals surface area contributed by atoms with Gasteiger partial charge in [-0.05, 0) is 27.7 Å². The van der Waals surface area contributed by atoms with Crippen LogP contribution in [0.5, 0.6) is 0 Å². The fourth-order valence-corrected chi connectivity index (χ4v) is 2.98. The molecule has 1 aromatic heterocycles. The summed E-state index contributed by atoms with van der Waals surface area (Å²) in [5, 5.41) is 18.3. The van der Waals surface area contributed by atoms with Crippen molar-refractivity contribution < 1.29 is 27.8 Å². The van der Waals surface area contributed by atoms with E-state index in [0.717, 1.165) is 6.07 Å². The van der Waals surface area contributed by atoms with Crippen molar-refractivity contribution in [3.05, 3.63) is 17.6 Å². The van der Waals surface area contributed by atoms with Crippen molar-refractivity contribution in [1.29, 1.82) is 0 Å². The average molecular weight is 291 g/mol. The molecule has 1 rings (SSSR count). The van der Waals surface area contributed by atoms with E-state index in [4.69, 9.17) is 9.52 Å². The Morgan fingerprint density at radius 3 is 2.37 bits per heavy atom. The number of carboxylic acids is 1. The summed E-state index contributed by atoms with van der Waals surface area (Å²) in [5.74, 6) is -1.82. The highest BCUT2D eigenvalue weighted by Gasteiger charge is 2.33. The molecule has 0 radical (unpaired) electrons. The lowest BCUT2D eigenvalue weighted by molar-refractivity contribution is 0.0661. The fourth-order valence-electron chi connectivity index (χ4n) is 1.32. The van der Waals surface area contributed by atoms with Gasteiger partial charge in [-0.2, -0.15) is 0 Å². The van der Waals surface area contributed by atoms with E-state index in [0.29, 0.717) is 0 Å². The molecule has 0 amide bonds. The molecule has 108 valence electrons. The van der Waals surface area contributed by atoms with E-state index in [1.54, 1.807) is 0 Å². The predicted molar refractivity (Wildman–Crippen MR) is 66.5 cm³/mol. The Bertz CT molecular complexity index is 584. The van der Waals surface area contributed by atoms with Gasteiger partial charge in [-0.3, -0.25) is 0 Å². The van der Waals surface area contributed by atoms with Crippen LogP contribution in [0.15, 0.2) is 15.4 Å². The van der Waals surface area contributed by atoms with Crippen LogP contribution in [0.2, 0.25) is 0 Å². The smallest absolute Gasteiger partial charge is 0.371 e. The number of aryl methyl sites for hydroxylation is 1. The minimum Gasteiger partial charge on any atom is -0.475 e. The molecule has 0 saturated heterocycles. The van der Waals surface area contributed by atoms with Gasteiger partial charge in [-0.1, -0.05) is 0 Å². The van der Waals surface area contributed by atoms with Gasteiger partial charge >= 0.3 is 5.97 Å². The molecule has 1 unspecified atom stereocenters. The van der Waals surface area contributed by atoms with Crippen molar-refractivity contribution in [3.63, 3.8) is 0 Å². The van der Waals surface area contributed by atoms with Crippen molar-refractivity contribution in [2.24, 2.45) is 0 Å².